The average Bonchev–Trinajstić information content (AvgIpc) is 2.36. The molecule has 0 saturated carbocycles. The smallest absolute Gasteiger partial charge is 0.410 e. The van der Waals surface area contributed by atoms with E-state index in [1.54, 1.807) is 11.8 Å². The van der Waals surface area contributed by atoms with Crippen molar-refractivity contribution in [2.24, 2.45) is 5.92 Å². The lowest BCUT2D eigenvalue weighted by atomic mass is 9.93. The Morgan fingerprint density at radius 1 is 1.15 bits per heavy atom. The van der Waals surface area contributed by atoms with E-state index in [9.17, 15) is 14.4 Å². The summed E-state index contributed by atoms with van der Waals surface area (Å²) in [6.07, 6.45) is 0.563. The van der Waals surface area contributed by atoms with Gasteiger partial charge < -0.3 is 14.4 Å². The van der Waals surface area contributed by atoms with E-state index >= 15 is 0 Å². The first-order valence-corrected chi connectivity index (χ1v) is 6.93. The van der Waals surface area contributed by atoms with Crippen molar-refractivity contribution in [1.82, 2.24) is 4.90 Å². The number of hydrogen-bond donors (Lipinski definition) is 0. The summed E-state index contributed by atoms with van der Waals surface area (Å²) in [5.41, 5.74) is -0.533. The highest BCUT2D eigenvalue weighted by Gasteiger charge is 2.33. The molecule has 6 heteroatoms. The maximum absolute atomic E-state index is 11.9. The van der Waals surface area contributed by atoms with E-state index in [0.29, 0.717) is 25.9 Å². The second-order valence-corrected chi connectivity index (χ2v) is 5.83. The van der Waals surface area contributed by atoms with E-state index < -0.39 is 17.4 Å². The summed E-state index contributed by atoms with van der Waals surface area (Å²) < 4.78 is 9.97. The predicted octanol–water partition coefficient (Wildman–Crippen LogP) is 1.77. The Balaban J connectivity index is 2.46. The van der Waals surface area contributed by atoms with E-state index in [-0.39, 0.29) is 18.6 Å². The van der Waals surface area contributed by atoms with Crippen LogP contribution in [0.1, 0.15) is 40.5 Å². The van der Waals surface area contributed by atoms with Gasteiger partial charge in [0, 0.05) is 19.0 Å². The van der Waals surface area contributed by atoms with Gasteiger partial charge in [0.15, 0.2) is 0 Å². The van der Waals surface area contributed by atoms with Crippen LogP contribution in [-0.2, 0) is 19.1 Å². The Kier molecular flexibility index (Phi) is 5.53. The van der Waals surface area contributed by atoms with Crippen LogP contribution in [0.5, 0.6) is 0 Å². The van der Waals surface area contributed by atoms with Crippen LogP contribution >= 0.6 is 0 Å². The Morgan fingerprint density at radius 3 is 2.15 bits per heavy atom. The minimum absolute atomic E-state index is 0.196. The molecule has 1 aliphatic heterocycles. The van der Waals surface area contributed by atoms with Gasteiger partial charge in [-0.2, -0.15) is 0 Å². The quantitative estimate of drug-likeness (QED) is 0.583. The lowest BCUT2D eigenvalue weighted by Gasteiger charge is -2.32. The van der Waals surface area contributed by atoms with E-state index in [4.69, 9.17) is 9.47 Å². The van der Waals surface area contributed by atoms with Crippen LogP contribution in [0.2, 0.25) is 0 Å². The van der Waals surface area contributed by atoms with Gasteiger partial charge in [-0.15, -0.1) is 0 Å². The van der Waals surface area contributed by atoms with Crippen LogP contribution in [0.15, 0.2) is 0 Å². The topological polar surface area (TPSA) is 72.9 Å². The van der Waals surface area contributed by atoms with Crippen molar-refractivity contribution in [3.8, 4) is 0 Å². The molecule has 0 spiro atoms. The Labute approximate surface area is 119 Å². The normalized spacial score (nSPS) is 16.7. The average molecular weight is 285 g/mol. The van der Waals surface area contributed by atoms with Gasteiger partial charge in [0.1, 0.15) is 5.60 Å². The molecule has 0 radical (unpaired) electrons. The van der Waals surface area contributed by atoms with Crippen LogP contribution < -0.4 is 0 Å². The second kappa shape index (κ2) is 6.72. The SMILES string of the molecule is CCOC(=O)C(=O)C1CCN(C(=O)OC(C)(C)C)CC1. The Morgan fingerprint density at radius 2 is 1.70 bits per heavy atom. The number of carbonyl (C=O) groups is 3. The number of hydrogen-bond acceptors (Lipinski definition) is 5. The third kappa shape index (κ3) is 4.83. The van der Waals surface area contributed by atoms with Gasteiger partial charge in [-0.25, -0.2) is 9.59 Å². The van der Waals surface area contributed by atoms with Gasteiger partial charge in [0.05, 0.1) is 6.61 Å². The van der Waals surface area contributed by atoms with E-state index in [2.05, 4.69) is 0 Å². The van der Waals surface area contributed by atoms with Gasteiger partial charge in [-0.05, 0) is 40.5 Å². The van der Waals surface area contributed by atoms with Crippen LogP contribution in [-0.4, -0.2) is 48.0 Å². The Hall–Kier alpha value is -1.59. The highest BCUT2D eigenvalue weighted by atomic mass is 16.6. The summed E-state index contributed by atoms with van der Waals surface area (Å²) in [7, 11) is 0. The van der Waals surface area contributed by atoms with Gasteiger partial charge in [-0.1, -0.05) is 0 Å². The van der Waals surface area contributed by atoms with Crippen LogP contribution in [0.4, 0.5) is 4.79 Å². The molecule has 0 N–H and O–H groups in total. The van der Waals surface area contributed by atoms with Crippen LogP contribution in [0.25, 0.3) is 0 Å². The number of amides is 1. The van der Waals surface area contributed by atoms with Crippen molar-refractivity contribution in [2.45, 2.75) is 46.1 Å². The van der Waals surface area contributed by atoms with E-state index in [1.807, 2.05) is 20.8 Å². The molecule has 0 unspecified atom stereocenters. The molecule has 0 bridgehead atoms. The molecular formula is C14H23NO5. The van der Waals surface area contributed by atoms with Crippen LogP contribution in [0.3, 0.4) is 0 Å². The van der Waals surface area contributed by atoms with Gasteiger partial charge in [-0.3, -0.25) is 4.79 Å². The molecule has 1 saturated heterocycles. The van der Waals surface area contributed by atoms with Gasteiger partial charge >= 0.3 is 12.1 Å². The third-order valence-corrected chi connectivity index (χ3v) is 2.99. The number of rotatable bonds is 3. The van der Waals surface area contributed by atoms with Gasteiger partial charge in [0.25, 0.3) is 0 Å². The van der Waals surface area contributed by atoms with Crippen molar-refractivity contribution in [1.29, 1.82) is 0 Å². The van der Waals surface area contributed by atoms with Crippen molar-refractivity contribution >= 4 is 17.8 Å². The monoisotopic (exact) mass is 285 g/mol. The molecule has 1 fully saturated rings. The zero-order chi connectivity index (χ0) is 15.3. The number of ether oxygens (including phenoxy) is 2. The molecule has 0 atom stereocenters. The fraction of sp³-hybridized carbons (Fsp3) is 0.786. The number of Topliss-reactive ketones (excluding diaryl/α,β-unsaturated/α-hetero) is 1. The molecule has 20 heavy (non-hydrogen) atoms. The number of carbonyl (C=O) groups excluding carboxylic acids is 3. The lowest BCUT2D eigenvalue weighted by molar-refractivity contribution is -0.156. The largest absolute Gasteiger partial charge is 0.460 e. The summed E-state index contributed by atoms with van der Waals surface area (Å²) in [5.74, 6) is -1.62. The minimum atomic E-state index is -0.775. The fourth-order valence-electron chi connectivity index (χ4n) is 2.02. The standard InChI is InChI=1S/C14H23NO5/c1-5-19-12(17)11(16)10-6-8-15(9-7-10)13(18)20-14(2,3)4/h10H,5-9H2,1-4H3. The third-order valence-electron chi connectivity index (χ3n) is 2.99. The first-order valence-electron chi connectivity index (χ1n) is 6.93. The Bertz CT molecular complexity index is 378. The highest BCUT2D eigenvalue weighted by molar-refractivity contribution is 6.34. The summed E-state index contributed by atoms with van der Waals surface area (Å²) in [5, 5.41) is 0. The number of ketones is 1. The number of nitrogens with zero attached hydrogens (tertiary/aromatic N) is 1. The molecule has 0 aromatic rings. The zero-order valence-electron chi connectivity index (χ0n) is 12.6. The summed E-state index contributed by atoms with van der Waals surface area (Å²) in [4.78, 5) is 36.6. The van der Waals surface area contributed by atoms with E-state index in [0.717, 1.165) is 0 Å². The predicted molar refractivity (Wildman–Crippen MR) is 72.2 cm³/mol. The number of likely N-dealkylation sites (tertiary alicyclic amines) is 1. The number of piperidine rings is 1. The molecule has 0 aromatic heterocycles. The summed E-state index contributed by atoms with van der Waals surface area (Å²) in [6.45, 7) is 8.12. The maximum Gasteiger partial charge on any atom is 0.410 e. The first-order chi connectivity index (χ1) is 9.24. The fourth-order valence-corrected chi connectivity index (χ4v) is 2.02. The van der Waals surface area contributed by atoms with Crippen molar-refractivity contribution in [3.63, 3.8) is 0 Å². The van der Waals surface area contributed by atoms with Crippen molar-refractivity contribution in [2.75, 3.05) is 19.7 Å². The molecule has 6 nitrogen and oxygen atoms in total. The van der Waals surface area contributed by atoms with Gasteiger partial charge in [0.2, 0.25) is 5.78 Å². The van der Waals surface area contributed by atoms with Crippen molar-refractivity contribution in [3.05, 3.63) is 0 Å². The molecule has 0 aliphatic carbocycles. The zero-order valence-corrected chi connectivity index (χ0v) is 12.6. The maximum atomic E-state index is 11.9. The van der Waals surface area contributed by atoms with E-state index in [1.165, 1.54) is 0 Å². The second-order valence-electron chi connectivity index (χ2n) is 5.83. The summed E-state index contributed by atoms with van der Waals surface area (Å²) >= 11 is 0. The summed E-state index contributed by atoms with van der Waals surface area (Å²) in [6, 6.07) is 0. The molecule has 0 aromatic carbocycles. The minimum Gasteiger partial charge on any atom is -0.460 e. The number of esters is 1. The molecule has 1 heterocycles. The lowest BCUT2D eigenvalue weighted by Crippen LogP contribution is -2.44. The molecular weight excluding hydrogens is 262 g/mol. The molecule has 1 amide bonds. The first kappa shape index (κ1) is 16.5. The molecule has 1 rings (SSSR count). The molecule has 114 valence electrons. The highest BCUT2D eigenvalue weighted by Crippen LogP contribution is 2.20. The van der Waals surface area contributed by atoms with Crippen molar-refractivity contribution < 1.29 is 23.9 Å². The van der Waals surface area contributed by atoms with Crippen LogP contribution in [0, 0.1) is 5.92 Å². The molecule has 1 aliphatic rings.